The van der Waals surface area contributed by atoms with Crippen molar-refractivity contribution < 1.29 is 8.42 Å². The zero-order valence-corrected chi connectivity index (χ0v) is 12.7. The van der Waals surface area contributed by atoms with Gasteiger partial charge in [-0.1, -0.05) is 34.8 Å². The van der Waals surface area contributed by atoms with E-state index in [4.69, 9.17) is 34.8 Å². The van der Waals surface area contributed by atoms with E-state index < -0.39 is 15.6 Å². The molecule has 5 nitrogen and oxygen atoms in total. The van der Waals surface area contributed by atoms with Crippen molar-refractivity contribution in [1.82, 2.24) is 4.98 Å². The van der Waals surface area contributed by atoms with Crippen LogP contribution in [0.15, 0.2) is 40.2 Å². The van der Waals surface area contributed by atoms with Gasteiger partial charge in [0.05, 0.1) is 20.8 Å². The summed E-state index contributed by atoms with van der Waals surface area (Å²) in [4.78, 5) is 13.1. The minimum atomic E-state index is -3.89. The maximum absolute atomic E-state index is 12.1. The van der Waals surface area contributed by atoms with Crippen molar-refractivity contribution in [3.05, 3.63) is 55.9 Å². The number of pyridine rings is 1. The Morgan fingerprint density at radius 1 is 1.00 bits per heavy atom. The number of H-pyrrole nitrogens is 1. The molecule has 106 valence electrons. The lowest BCUT2D eigenvalue weighted by Gasteiger charge is -2.10. The third kappa shape index (κ3) is 3.27. The molecule has 20 heavy (non-hydrogen) atoms. The quantitative estimate of drug-likeness (QED) is 0.832. The minimum absolute atomic E-state index is 0.0901. The summed E-state index contributed by atoms with van der Waals surface area (Å²) in [6, 6.07) is 4.91. The highest BCUT2D eigenvalue weighted by Crippen LogP contribution is 2.33. The predicted octanol–water partition coefficient (Wildman–Crippen LogP) is 3.14. The Morgan fingerprint density at radius 3 is 2.25 bits per heavy atom. The highest BCUT2D eigenvalue weighted by Gasteiger charge is 2.17. The fraction of sp³-hybridized carbons (Fsp3) is 0. The van der Waals surface area contributed by atoms with Crippen LogP contribution in [0.25, 0.3) is 0 Å². The molecule has 9 heteroatoms. The first-order valence-electron chi connectivity index (χ1n) is 5.16. The number of benzene rings is 1. The summed E-state index contributed by atoms with van der Waals surface area (Å²) in [5, 5.41) is 0.478. The van der Waals surface area contributed by atoms with Crippen LogP contribution in [0, 0.1) is 0 Å². The van der Waals surface area contributed by atoms with Crippen molar-refractivity contribution in [1.29, 1.82) is 0 Å². The Kier molecular flexibility index (Phi) is 4.29. The Balaban J connectivity index is 2.40. The minimum Gasteiger partial charge on any atom is -0.328 e. The van der Waals surface area contributed by atoms with Gasteiger partial charge in [0, 0.05) is 12.3 Å². The molecule has 2 N–H and O–H groups in total. The van der Waals surface area contributed by atoms with Crippen molar-refractivity contribution >= 4 is 50.5 Å². The molecule has 1 aromatic heterocycles. The third-order valence-corrected chi connectivity index (χ3v) is 4.72. The summed E-state index contributed by atoms with van der Waals surface area (Å²) < 4.78 is 26.5. The third-order valence-electron chi connectivity index (χ3n) is 2.32. The van der Waals surface area contributed by atoms with Crippen LogP contribution in [0.5, 0.6) is 0 Å². The molecule has 0 aliphatic heterocycles. The number of nitrogens with one attached hydrogen (secondary N) is 2. The normalized spacial score (nSPS) is 11.3. The highest BCUT2D eigenvalue weighted by atomic mass is 35.5. The zero-order valence-electron chi connectivity index (χ0n) is 9.65. The molecule has 0 unspecified atom stereocenters. The number of aromatic nitrogens is 1. The largest absolute Gasteiger partial charge is 0.328 e. The lowest BCUT2D eigenvalue weighted by molar-refractivity contribution is 0.600. The Morgan fingerprint density at radius 2 is 1.65 bits per heavy atom. The van der Waals surface area contributed by atoms with Gasteiger partial charge in [0.2, 0.25) is 5.56 Å². The fourth-order valence-corrected chi connectivity index (χ4v) is 3.06. The predicted molar refractivity (Wildman–Crippen MR) is 79.3 cm³/mol. The van der Waals surface area contributed by atoms with Crippen molar-refractivity contribution in [3.8, 4) is 0 Å². The topological polar surface area (TPSA) is 79.0 Å². The lowest BCUT2D eigenvalue weighted by Crippen LogP contribution is -2.15. The van der Waals surface area contributed by atoms with E-state index in [2.05, 4.69) is 9.71 Å². The summed E-state index contributed by atoms with van der Waals surface area (Å²) in [6.45, 7) is 0. The molecule has 0 radical (unpaired) electrons. The van der Waals surface area contributed by atoms with Gasteiger partial charge < -0.3 is 4.98 Å². The van der Waals surface area contributed by atoms with Crippen molar-refractivity contribution in [2.45, 2.75) is 4.90 Å². The van der Waals surface area contributed by atoms with E-state index in [0.717, 1.165) is 12.3 Å². The molecular formula is C11H7Cl3N2O3S. The van der Waals surface area contributed by atoms with Gasteiger partial charge in [0.15, 0.2) is 0 Å². The number of aromatic amines is 1. The van der Waals surface area contributed by atoms with Crippen molar-refractivity contribution in [2.75, 3.05) is 4.72 Å². The number of hydrogen-bond acceptors (Lipinski definition) is 3. The maximum Gasteiger partial charge on any atom is 0.263 e. The van der Waals surface area contributed by atoms with Crippen LogP contribution in [0.1, 0.15) is 0 Å². The summed E-state index contributed by atoms with van der Waals surface area (Å²) in [5.74, 6) is 0. The molecule has 1 heterocycles. The number of sulfonamides is 1. The molecule has 0 amide bonds. The van der Waals surface area contributed by atoms with E-state index >= 15 is 0 Å². The first-order valence-corrected chi connectivity index (χ1v) is 7.77. The van der Waals surface area contributed by atoms with E-state index in [9.17, 15) is 13.2 Å². The molecular weight excluding hydrogens is 347 g/mol. The van der Waals surface area contributed by atoms with Gasteiger partial charge in [-0.15, -0.1) is 0 Å². The highest BCUT2D eigenvalue weighted by molar-refractivity contribution is 7.92. The molecule has 0 saturated carbocycles. The Labute approximate surface area is 129 Å². The van der Waals surface area contributed by atoms with Gasteiger partial charge in [-0.05, 0) is 18.2 Å². The number of rotatable bonds is 3. The molecule has 0 saturated heterocycles. The first-order chi connectivity index (χ1) is 9.29. The maximum atomic E-state index is 12.1. The van der Waals surface area contributed by atoms with Gasteiger partial charge in [-0.3, -0.25) is 9.52 Å². The number of anilines is 1. The van der Waals surface area contributed by atoms with Crippen LogP contribution in [0.3, 0.4) is 0 Å². The molecule has 0 fully saturated rings. The molecule has 0 aliphatic carbocycles. The molecule has 0 aliphatic rings. The molecule has 2 aromatic rings. The second-order valence-corrected chi connectivity index (χ2v) is 6.64. The summed E-state index contributed by atoms with van der Waals surface area (Å²) in [6.07, 6.45) is 1.08. The molecule has 0 atom stereocenters. The zero-order chi connectivity index (χ0) is 14.9. The van der Waals surface area contributed by atoms with Crippen molar-refractivity contribution in [2.24, 2.45) is 0 Å². The van der Waals surface area contributed by atoms with Gasteiger partial charge >= 0.3 is 0 Å². The summed E-state index contributed by atoms with van der Waals surface area (Å²) in [5.41, 5.74) is -0.316. The average Bonchev–Trinajstić information content (AvgIpc) is 2.36. The van der Waals surface area contributed by atoms with Gasteiger partial charge in [-0.25, -0.2) is 8.42 Å². The van der Waals surface area contributed by atoms with E-state index in [0.29, 0.717) is 0 Å². The average molecular weight is 354 g/mol. The van der Waals surface area contributed by atoms with E-state index in [-0.39, 0.29) is 25.7 Å². The van der Waals surface area contributed by atoms with Gasteiger partial charge in [-0.2, -0.15) is 0 Å². The second-order valence-electron chi connectivity index (χ2n) is 3.74. The molecule has 0 bridgehead atoms. The first kappa shape index (κ1) is 15.2. The van der Waals surface area contributed by atoms with Crippen LogP contribution in [0.2, 0.25) is 15.1 Å². The Hall–Kier alpha value is -1.21. The lowest BCUT2D eigenvalue weighted by atomic mass is 10.3. The van der Waals surface area contributed by atoms with E-state index in [1.54, 1.807) is 0 Å². The van der Waals surface area contributed by atoms with Crippen LogP contribution in [0.4, 0.5) is 5.69 Å². The van der Waals surface area contributed by atoms with Gasteiger partial charge in [0.1, 0.15) is 4.90 Å². The van der Waals surface area contributed by atoms with Crippen molar-refractivity contribution in [3.63, 3.8) is 0 Å². The summed E-state index contributed by atoms with van der Waals surface area (Å²) >= 11 is 17.5. The summed E-state index contributed by atoms with van der Waals surface area (Å²) in [7, 11) is -3.89. The standard InChI is InChI=1S/C11H7Cl3N2O3S/c12-7-3-9(14)10(4-8(7)13)16-20(18,19)6-1-2-11(17)15-5-6/h1-5,16H,(H,15,17). The number of halogens is 3. The van der Waals surface area contributed by atoms with Gasteiger partial charge in [0.25, 0.3) is 10.0 Å². The Bertz CT molecular complexity index is 798. The molecule has 2 rings (SSSR count). The monoisotopic (exact) mass is 352 g/mol. The molecule has 0 spiro atoms. The van der Waals surface area contributed by atoms with E-state index in [1.165, 1.54) is 18.2 Å². The number of hydrogen-bond donors (Lipinski definition) is 2. The smallest absolute Gasteiger partial charge is 0.263 e. The molecule has 1 aromatic carbocycles. The van der Waals surface area contributed by atoms with Crippen LogP contribution in [-0.4, -0.2) is 13.4 Å². The van der Waals surface area contributed by atoms with Crippen LogP contribution < -0.4 is 10.3 Å². The fourth-order valence-electron chi connectivity index (χ4n) is 1.37. The second kappa shape index (κ2) is 5.65. The SMILES string of the molecule is O=c1ccc(S(=O)(=O)Nc2cc(Cl)c(Cl)cc2Cl)c[nH]1. The van der Waals surface area contributed by atoms with E-state index in [1.807, 2.05) is 0 Å². The van der Waals surface area contributed by atoms with Crippen LogP contribution in [-0.2, 0) is 10.0 Å². The van der Waals surface area contributed by atoms with Crippen LogP contribution >= 0.6 is 34.8 Å².